The van der Waals surface area contributed by atoms with Gasteiger partial charge in [-0.2, -0.15) is 0 Å². The highest BCUT2D eigenvalue weighted by Crippen LogP contribution is 2.33. The van der Waals surface area contributed by atoms with Gasteiger partial charge in [0.15, 0.2) is 0 Å². The zero-order valence-electron chi connectivity index (χ0n) is 14.6. The number of nitrogens with one attached hydrogen (secondary N) is 1. The van der Waals surface area contributed by atoms with Crippen LogP contribution in [0.15, 0.2) is 34.9 Å². The van der Waals surface area contributed by atoms with Crippen molar-refractivity contribution in [2.24, 2.45) is 0 Å². The fraction of sp³-hybridized carbons (Fsp3) is 0.353. The molecule has 0 saturated heterocycles. The van der Waals surface area contributed by atoms with Crippen LogP contribution in [0.1, 0.15) is 27.7 Å². The zero-order chi connectivity index (χ0) is 18.8. The number of rotatable bonds is 6. The van der Waals surface area contributed by atoms with E-state index < -0.39 is 15.3 Å². The number of halogens is 1. The number of anilines is 2. The summed E-state index contributed by atoms with van der Waals surface area (Å²) in [5.74, 6) is 0.899. The first-order valence-electron chi connectivity index (χ1n) is 7.83. The van der Waals surface area contributed by atoms with Crippen LogP contribution in [0.25, 0.3) is 11.1 Å². The molecule has 0 spiro atoms. The van der Waals surface area contributed by atoms with E-state index in [4.69, 9.17) is 10.5 Å². The van der Waals surface area contributed by atoms with Crippen molar-refractivity contribution < 1.29 is 13.2 Å². The van der Waals surface area contributed by atoms with Gasteiger partial charge in [-0.3, -0.25) is 4.72 Å². The monoisotopic (exact) mass is 427 g/mol. The first kappa shape index (κ1) is 19.5. The molecule has 2 aromatic rings. The van der Waals surface area contributed by atoms with Crippen molar-refractivity contribution in [3.8, 4) is 16.9 Å². The molecule has 136 valence electrons. The third-order valence-corrected chi connectivity index (χ3v) is 5.55. The Kier molecular flexibility index (Phi) is 5.95. The molecule has 1 heterocycles. The van der Waals surface area contributed by atoms with Crippen LogP contribution in [0.2, 0.25) is 0 Å². The molecule has 1 aromatic carbocycles. The normalized spacial score (nSPS) is 11.8. The van der Waals surface area contributed by atoms with E-state index in [1.165, 1.54) is 0 Å². The summed E-state index contributed by atoms with van der Waals surface area (Å²) >= 11 is 3.38. The third kappa shape index (κ3) is 5.09. The number of aromatic nitrogens is 1. The molecule has 25 heavy (non-hydrogen) atoms. The Balaban J connectivity index is 2.56. The standard InChI is InChI=1S/C17H22BrN3O3S/c1-10(2)24-15-6-12(16-7-13(18)9-20-17(16)19)5-14(8-15)21-25(22,23)11(3)4/h5-11,21H,1-4H3,(H2,19,20). The molecular weight excluding hydrogens is 406 g/mol. The van der Waals surface area contributed by atoms with Gasteiger partial charge in [0, 0.05) is 22.3 Å². The Morgan fingerprint density at radius 1 is 1.16 bits per heavy atom. The largest absolute Gasteiger partial charge is 0.491 e. The number of nitrogen functional groups attached to an aromatic ring is 1. The highest BCUT2D eigenvalue weighted by Gasteiger charge is 2.17. The lowest BCUT2D eigenvalue weighted by Gasteiger charge is -2.16. The van der Waals surface area contributed by atoms with E-state index in [-0.39, 0.29) is 6.10 Å². The van der Waals surface area contributed by atoms with Crippen molar-refractivity contribution in [2.45, 2.75) is 39.0 Å². The van der Waals surface area contributed by atoms with Gasteiger partial charge in [-0.15, -0.1) is 0 Å². The van der Waals surface area contributed by atoms with Crippen LogP contribution in [0, 0.1) is 0 Å². The Hall–Kier alpha value is -1.80. The number of sulfonamides is 1. The van der Waals surface area contributed by atoms with Crippen molar-refractivity contribution in [3.63, 3.8) is 0 Å². The smallest absolute Gasteiger partial charge is 0.235 e. The second-order valence-corrected chi connectivity index (χ2v) is 9.35. The average molecular weight is 428 g/mol. The molecule has 1 aromatic heterocycles. The van der Waals surface area contributed by atoms with Gasteiger partial charge in [0.2, 0.25) is 10.0 Å². The van der Waals surface area contributed by atoms with E-state index in [1.807, 2.05) is 26.0 Å². The summed E-state index contributed by atoms with van der Waals surface area (Å²) in [7, 11) is -3.48. The summed E-state index contributed by atoms with van der Waals surface area (Å²) in [6, 6.07) is 7.02. The topological polar surface area (TPSA) is 94.3 Å². The van der Waals surface area contributed by atoms with Gasteiger partial charge in [0.1, 0.15) is 11.6 Å². The summed E-state index contributed by atoms with van der Waals surface area (Å²) < 4.78 is 33.5. The van der Waals surface area contributed by atoms with Gasteiger partial charge in [-0.1, -0.05) is 0 Å². The van der Waals surface area contributed by atoms with Gasteiger partial charge in [-0.05, 0) is 67.4 Å². The van der Waals surface area contributed by atoms with E-state index in [1.54, 1.807) is 32.2 Å². The predicted octanol–water partition coefficient (Wildman–Crippen LogP) is 4.03. The molecule has 8 heteroatoms. The fourth-order valence-electron chi connectivity index (χ4n) is 2.12. The van der Waals surface area contributed by atoms with Crippen molar-refractivity contribution in [1.82, 2.24) is 4.98 Å². The maximum atomic E-state index is 12.2. The minimum Gasteiger partial charge on any atom is -0.491 e. The number of hydrogen-bond acceptors (Lipinski definition) is 5. The number of hydrogen-bond donors (Lipinski definition) is 2. The first-order chi connectivity index (χ1) is 11.6. The van der Waals surface area contributed by atoms with Crippen LogP contribution in [-0.4, -0.2) is 24.8 Å². The van der Waals surface area contributed by atoms with E-state index in [0.29, 0.717) is 28.4 Å². The molecule has 0 unspecified atom stereocenters. The summed E-state index contributed by atoms with van der Waals surface area (Å²) in [6.07, 6.45) is 1.55. The zero-order valence-corrected chi connectivity index (χ0v) is 17.0. The van der Waals surface area contributed by atoms with Crippen LogP contribution in [0.3, 0.4) is 0 Å². The van der Waals surface area contributed by atoms with E-state index in [2.05, 4.69) is 25.6 Å². The second kappa shape index (κ2) is 7.61. The lowest BCUT2D eigenvalue weighted by molar-refractivity contribution is 0.242. The molecule has 0 atom stereocenters. The summed E-state index contributed by atoms with van der Waals surface area (Å²) in [4.78, 5) is 4.13. The SMILES string of the molecule is CC(C)Oc1cc(NS(=O)(=O)C(C)C)cc(-c2cc(Br)cnc2N)c1. The van der Waals surface area contributed by atoms with Gasteiger partial charge < -0.3 is 10.5 Å². The summed E-state index contributed by atoms with van der Waals surface area (Å²) in [5.41, 5.74) is 7.81. The maximum Gasteiger partial charge on any atom is 0.235 e. The van der Waals surface area contributed by atoms with E-state index >= 15 is 0 Å². The highest BCUT2D eigenvalue weighted by atomic mass is 79.9. The minimum absolute atomic E-state index is 0.0530. The Morgan fingerprint density at radius 3 is 2.44 bits per heavy atom. The molecule has 0 radical (unpaired) electrons. The Labute approximate surface area is 157 Å². The maximum absolute atomic E-state index is 12.2. The Morgan fingerprint density at radius 2 is 1.84 bits per heavy atom. The number of nitrogens with zero attached hydrogens (tertiary/aromatic N) is 1. The van der Waals surface area contributed by atoms with Crippen LogP contribution >= 0.6 is 15.9 Å². The van der Waals surface area contributed by atoms with Gasteiger partial charge >= 0.3 is 0 Å². The average Bonchev–Trinajstić information content (AvgIpc) is 2.48. The number of ether oxygens (including phenoxy) is 1. The number of nitrogens with two attached hydrogens (primary N) is 1. The molecule has 0 aliphatic rings. The highest BCUT2D eigenvalue weighted by molar-refractivity contribution is 9.10. The molecule has 0 saturated carbocycles. The van der Waals surface area contributed by atoms with Crippen molar-refractivity contribution in [1.29, 1.82) is 0 Å². The van der Waals surface area contributed by atoms with Crippen LogP contribution in [0.4, 0.5) is 11.5 Å². The van der Waals surface area contributed by atoms with Crippen LogP contribution in [0.5, 0.6) is 5.75 Å². The van der Waals surface area contributed by atoms with E-state index in [0.717, 1.165) is 4.47 Å². The van der Waals surface area contributed by atoms with Crippen molar-refractivity contribution >= 4 is 37.5 Å². The summed E-state index contributed by atoms with van der Waals surface area (Å²) in [6.45, 7) is 7.04. The fourth-order valence-corrected chi connectivity index (χ4v) is 3.13. The minimum atomic E-state index is -3.48. The van der Waals surface area contributed by atoms with Crippen molar-refractivity contribution in [2.75, 3.05) is 10.5 Å². The quantitative estimate of drug-likeness (QED) is 0.725. The number of benzene rings is 1. The molecule has 0 bridgehead atoms. The van der Waals surface area contributed by atoms with Gasteiger partial charge in [-0.25, -0.2) is 13.4 Å². The lowest BCUT2D eigenvalue weighted by Crippen LogP contribution is -2.22. The predicted molar refractivity (Wildman–Crippen MR) is 105 cm³/mol. The third-order valence-electron chi connectivity index (χ3n) is 3.36. The molecule has 0 amide bonds. The molecule has 6 nitrogen and oxygen atoms in total. The first-order valence-corrected chi connectivity index (χ1v) is 10.2. The second-order valence-electron chi connectivity index (χ2n) is 6.19. The van der Waals surface area contributed by atoms with Crippen LogP contribution in [-0.2, 0) is 10.0 Å². The molecular formula is C17H22BrN3O3S. The van der Waals surface area contributed by atoms with Gasteiger partial charge in [0.05, 0.1) is 17.0 Å². The van der Waals surface area contributed by atoms with Crippen molar-refractivity contribution in [3.05, 3.63) is 34.9 Å². The molecule has 0 aliphatic carbocycles. The van der Waals surface area contributed by atoms with Crippen LogP contribution < -0.4 is 15.2 Å². The lowest BCUT2D eigenvalue weighted by atomic mass is 10.1. The molecule has 2 rings (SSSR count). The van der Waals surface area contributed by atoms with Gasteiger partial charge in [0.25, 0.3) is 0 Å². The molecule has 0 aliphatic heterocycles. The van der Waals surface area contributed by atoms with E-state index in [9.17, 15) is 8.42 Å². The summed E-state index contributed by atoms with van der Waals surface area (Å²) in [5, 5.41) is -0.553. The Bertz CT molecular complexity index is 867. The number of pyridine rings is 1. The molecule has 0 fully saturated rings. The molecule has 3 N–H and O–H groups in total.